The van der Waals surface area contributed by atoms with Gasteiger partial charge in [-0.25, -0.2) is 20.0 Å². The van der Waals surface area contributed by atoms with E-state index in [1.54, 1.807) is 0 Å². The number of alkyl halides is 3. The summed E-state index contributed by atoms with van der Waals surface area (Å²) in [6.45, 7) is 4.01. The SMILES string of the molecule is C[C@H](C1CC1)C1(N)N=C(c2nccc(C(F)(F)F)n2)NC(=N[C@H](C)C2CC2)N1. The molecule has 2 heterocycles. The van der Waals surface area contributed by atoms with Crippen molar-refractivity contribution >= 4 is 11.8 Å². The number of aliphatic imine (C=N–C) groups is 2. The van der Waals surface area contributed by atoms with Crippen LogP contribution in [-0.4, -0.2) is 33.6 Å². The smallest absolute Gasteiger partial charge is 0.319 e. The van der Waals surface area contributed by atoms with Crippen LogP contribution >= 0.6 is 0 Å². The molecule has 1 aromatic heterocycles. The number of nitrogens with zero attached hydrogens (tertiary/aromatic N) is 4. The lowest BCUT2D eigenvalue weighted by molar-refractivity contribution is -0.141. The van der Waals surface area contributed by atoms with Gasteiger partial charge in [-0.1, -0.05) is 6.92 Å². The van der Waals surface area contributed by atoms with Gasteiger partial charge in [0.2, 0.25) is 0 Å². The Hall–Kier alpha value is -2.23. The first kappa shape index (κ1) is 19.1. The van der Waals surface area contributed by atoms with Gasteiger partial charge >= 0.3 is 6.18 Å². The van der Waals surface area contributed by atoms with Crippen molar-refractivity contribution in [2.24, 2.45) is 33.5 Å². The molecule has 4 N–H and O–H groups in total. The van der Waals surface area contributed by atoms with Gasteiger partial charge in [-0.3, -0.25) is 5.73 Å². The van der Waals surface area contributed by atoms with Gasteiger partial charge in [0.25, 0.3) is 0 Å². The highest BCUT2D eigenvalue weighted by Crippen LogP contribution is 2.41. The summed E-state index contributed by atoms with van der Waals surface area (Å²) < 4.78 is 39.2. The molecule has 4 rings (SSSR count). The van der Waals surface area contributed by atoms with Gasteiger partial charge in [0, 0.05) is 12.1 Å². The summed E-state index contributed by atoms with van der Waals surface area (Å²) in [5.41, 5.74) is 5.53. The highest BCUT2D eigenvalue weighted by Gasteiger charge is 2.45. The molecule has 3 aliphatic rings. The van der Waals surface area contributed by atoms with Crippen LogP contribution in [0.5, 0.6) is 0 Å². The fraction of sp³-hybridized carbons (Fsp3) is 0.667. The average Bonchev–Trinajstić information content (AvgIpc) is 3.53. The summed E-state index contributed by atoms with van der Waals surface area (Å²) >= 11 is 0. The number of aromatic nitrogens is 2. The molecule has 0 bridgehead atoms. The molecule has 0 spiro atoms. The number of guanidine groups is 1. The number of halogens is 3. The Morgan fingerprint density at radius 2 is 1.89 bits per heavy atom. The monoisotopic (exact) mass is 395 g/mol. The highest BCUT2D eigenvalue weighted by atomic mass is 19.4. The Morgan fingerprint density at radius 3 is 2.50 bits per heavy atom. The van der Waals surface area contributed by atoms with Crippen molar-refractivity contribution in [2.45, 2.75) is 57.5 Å². The van der Waals surface area contributed by atoms with Crippen molar-refractivity contribution in [3.63, 3.8) is 0 Å². The summed E-state index contributed by atoms with van der Waals surface area (Å²) in [6, 6.07) is 0.912. The fourth-order valence-corrected chi connectivity index (χ4v) is 3.43. The minimum Gasteiger partial charge on any atom is -0.319 e. The largest absolute Gasteiger partial charge is 0.433 e. The second-order valence-corrected chi connectivity index (χ2v) is 7.98. The first-order chi connectivity index (χ1) is 13.2. The molecule has 2 aliphatic carbocycles. The van der Waals surface area contributed by atoms with Gasteiger partial charge < -0.3 is 10.6 Å². The van der Waals surface area contributed by atoms with Crippen LogP contribution in [0, 0.1) is 17.8 Å². The van der Waals surface area contributed by atoms with E-state index < -0.39 is 17.7 Å². The van der Waals surface area contributed by atoms with Gasteiger partial charge in [-0.05, 0) is 50.5 Å². The third-order valence-corrected chi connectivity index (χ3v) is 5.67. The molecule has 1 aromatic rings. The van der Waals surface area contributed by atoms with E-state index in [1.165, 1.54) is 0 Å². The van der Waals surface area contributed by atoms with Gasteiger partial charge in [-0.15, -0.1) is 0 Å². The number of amidine groups is 1. The van der Waals surface area contributed by atoms with Crippen molar-refractivity contribution in [3.05, 3.63) is 23.8 Å². The average molecular weight is 395 g/mol. The van der Waals surface area contributed by atoms with Crippen molar-refractivity contribution < 1.29 is 13.2 Å². The number of hydrogen-bond donors (Lipinski definition) is 3. The van der Waals surface area contributed by atoms with E-state index in [0.717, 1.165) is 37.9 Å². The highest BCUT2D eigenvalue weighted by molar-refractivity contribution is 6.08. The van der Waals surface area contributed by atoms with Crippen LogP contribution in [0.1, 0.15) is 51.0 Å². The summed E-state index contributed by atoms with van der Waals surface area (Å²) in [7, 11) is 0. The maximum Gasteiger partial charge on any atom is 0.433 e. The zero-order valence-electron chi connectivity index (χ0n) is 15.8. The predicted octanol–water partition coefficient (Wildman–Crippen LogP) is 2.25. The zero-order valence-corrected chi connectivity index (χ0v) is 15.8. The van der Waals surface area contributed by atoms with E-state index in [0.29, 0.717) is 17.8 Å². The lowest BCUT2D eigenvalue weighted by Crippen LogP contribution is -2.67. The van der Waals surface area contributed by atoms with Gasteiger partial charge in [0.15, 0.2) is 23.4 Å². The van der Waals surface area contributed by atoms with Crippen LogP contribution in [0.25, 0.3) is 0 Å². The van der Waals surface area contributed by atoms with Crippen LogP contribution in [0.2, 0.25) is 0 Å². The lowest BCUT2D eigenvalue weighted by Gasteiger charge is -2.38. The molecule has 0 radical (unpaired) electrons. The maximum absolute atomic E-state index is 13.1. The fourth-order valence-electron chi connectivity index (χ4n) is 3.43. The minimum atomic E-state index is -4.57. The normalized spacial score (nSPS) is 28.9. The minimum absolute atomic E-state index is 0.0168. The molecule has 10 heteroatoms. The van der Waals surface area contributed by atoms with Gasteiger partial charge in [0.1, 0.15) is 5.69 Å². The number of rotatable bonds is 5. The molecule has 0 aromatic carbocycles. The third-order valence-electron chi connectivity index (χ3n) is 5.67. The maximum atomic E-state index is 13.1. The van der Waals surface area contributed by atoms with Gasteiger partial charge in [-0.2, -0.15) is 13.2 Å². The van der Waals surface area contributed by atoms with E-state index in [1.807, 2.05) is 13.8 Å². The molecule has 1 aliphatic heterocycles. The van der Waals surface area contributed by atoms with E-state index in [-0.39, 0.29) is 23.6 Å². The topological polar surface area (TPSA) is 101 Å². The molecule has 1 unspecified atom stereocenters. The molecule has 152 valence electrons. The van der Waals surface area contributed by atoms with Crippen LogP contribution < -0.4 is 16.4 Å². The van der Waals surface area contributed by atoms with E-state index >= 15 is 0 Å². The van der Waals surface area contributed by atoms with Crippen molar-refractivity contribution in [1.29, 1.82) is 0 Å². The Labute approximate surface area is 161 Å². The first-order valence-corrected chi connectivity index (χ1v) is 9.58. The molecule has 7 nitrogen and oxygen atoms in total. The second kappa shape index (κ2) is 6.68. The van der Waals surface area contributed by atoms with Crippen LogP contribution in [0.3, 0.4) is 0 Å². The molecule has 0 saturated heterocycles. The van der Waals surface area contributed by atoms with E-state index in [4.69, 9.17) is 5.73 Å². The zero-order chi connectivity index (χ0) is 20.1. The number of nitrogens with one attached hydrogen (secondary N) is 2. The molecular formula is C18H24F3N7. The standard InChI is InChI=1S/C18H24F3N7/c1-9(11-3-4-11)18(22)27-15(14-23-8-7-13(25-14)17(19,20)21)26-16(28-18)24-10(2)12-5-6-12/h7-12H,3-6,22H2,1-2H3,(H2,24,26,27,28)/t9-,10-,18?/m1/s1. The number of nitrogens with two attached hydrogens (primary N) is 1. The Balaban J connectivity index is 1.70. The van der Waals surface area contributed by atoms with Crippen LogP contribution in [0.4, 0.5) is 13.2 Å². The molecule has 2 saturated carbocycles. The summed E-state index contributed by atoms with van der Waals surface area (Å²) in [5, 5.41) is 6.11. The molecule has 0 amide bonds. The van der Waals surface area contributed by atoms with Gasteiger partial charge in [0.05, 0.1) is 6.04 Å². The summed E-state index contributed by atoms with van der Waals surface area (Å²) in [5.74, 6) is 0.0997. The van der Waals surface area contributed by atoms with E-state index in [2.05, 4.69) is 30.6 Å². The second-order valence-electron chi connectivity index (χ2n) is 7.98. The van der Waals surface area contributed by atoms with Crippen LogP contribution in [0.15, 0.2) is 22.2 Å². The van der Waals surface area contributed by atoms with Crippen molar-refractivity contribution in [3.8, 4) is 0 Å². The number of hydrogen-bond acceptors (Lipinski definition) is 5. The van der Waals surface area contributed by atoms with Crippen LogP contribution in [-0.2, 0) is 6.18 Å². The molecule has 2 fully saturated rings. The third kappa shape index (κ3) is 3.96. The Kier molecular flexibility index (Phi) is 4.56. The molecular weight excluding hydrogens is 371 g/mol. The predicted molar refractivity (Wildman–Crippen MR) is 98.3 cm³/mol. The lowest BCUT2D eigenvalue weighted by atomic mass is 9.97. The van der Waals surface area contributed by atoms with Crippen molar-refractivity contribution in [1.82, 2.24) is 20.6 Å². The summed E-state index contributed by atoms with van der Waals surface area (Å²) in [4.78, 5) is 16.8. The van der Waals surface area contributed by atoms with Crippen molar-refractivity contribution in [2.75, 3.05) is 0 Å². The Bertz CT molecular complexity index is 814. The first-order valence-electron chi connectivity index (χ1n) is 9.58. The quantitative estimate of drug-likeness (QED) is 0.710. The summed E-state index contributed by atoms with van der Waals surface area (Å²) in [6.07, 6.45) is 0.882. The molecule has 3 atom stereocenters. The Morgan fingerprint density at radius 1 is 1.21 bits per heavy atom. The molecule has 28 heavy (non-hydrogen) atoms. The van der Waals surface area contributed by atoms with E-state index in [9.17, 15) is 13.2 Å².